The average Bonchev–Trinajstić information content (AvgIpc) is 3.13. The summed E-state index contributed by atoms with van der Waals surface area (Å²) in [5.74, 6) is -0.854. The normalized spacial score (nSPS) is 12.3. The van der Waals surface area contributed by atoms with Gasteiger partial charge in [0.05, 0.1) is 16.8 Å². The lowest BCUT2D eigenvalue weighted by Gasteiger charge is -2.19. The van der Waals surface area contributed by atoms with Crippen molar-refractivity contribution in [1.29, 1.82) is 0 Å². The second-order valence-corrected chi connectivity index (χ2v) is 7.93. The average molecular weight is 386 g/mol. The third-order valence-electron chi connectivity index (χ3n) is 4.79. The Hall–Kier alpha value is -2.51. The Morgan fingerprint density at radius 3 is 2.48 bits per heavy atom. The standard InChI is InChI=1S/C20H23FN4OS/c1-11-10-24-25(3)18(11)16-12(2)27-19(20(23)26)17(16)14(9-22)8-13-4-6-15(21)7-5-13/h4-7,10,14H,8-9,22H2,1-3H3,(H2,23,26)/t14-/m1/s1. The van der Waals surface area contributed by atoms with E-state index in [4.69, 9.17) is 11.5 Å². The number of nitrogens with zero attached hydrogens (tertiary/aromatic N) is 2. The molecule has 0 radical (unpaired) electrons. The van der Waals surface area contributed by atoms with Crippen LogP contribution >= 0.6 is 11.3 Å². The molecule has 4 N–H and O–H groups in total. The summed E-state index contributed by atoms with van der Waals surface area (Å²) in [6, 6.07) is 6.36. The van der Waals surface area contributed by atoms with Gasteiger partial charge in [-0.3, -0.25) is 9.48 Å². The lowest BCUT2D eigenvalue weighted by atomic mass is 9.87. The number of thiophene rings is 1. The van der Waals surface area contributed by atoms with Crippen molar-refractivity contribution in [1.82, 2.24) is 9.78 Å². The molecule has 2 aromatic heterocycles. The van der Waals surface area contributed by atoms with E-state index in [1.54, 1.807) is 18.3 Å². The molecule has 0 saturated heterocycles. The summed E-state index contributed by atoms with van der Waals surface area (Å²) in [5, 5.41) is 4.34. The predicted molar refractivity (Wildman–Crippen MR) is 106 cm³/mol. The number of carbonyl (C=O) groups is 1. The van der Waals surface area contributed by atoms with E-state index in [1.807, 2.05) is 25.6 Å². The van der Waals surface area contributed by atoms with E-state index in [9.17, 15) is 9.18 Å². The molecule has 7 heteroatoms. The summed E-state index contributed by atoms with van der Waals surface area (Å²) in [6.07, 6.45) is 2.40. The fraction of sp³-hybridized carbons (Fsp3) is 0.300. The van der Waals surface area contributed by atoms with Gasteiger partial charge in [-0.25, -0.2) is 4.39 Å². The van der Waals surface area contributed by atoms with Crippen LogP contribution in [0.4, 0.5) is 4.39 Å². The zero-order chi connectivity index (χ0) is 19.7. The van der Waals surface area contributed by atoms with Crippen LogP contribution in [0, 0.1) is 19.7 Å². The van der Waals surface area contributed by atoms with Gasteiger partial charge in [0.1, 0.15) is 5.82 Å². The number of benzene rings is 1. The molecule has 3 rings (SSSR count). The van der Waals surface area contributed by atoms with Gasteiger partial charge in [0, 0.05) is 23.4 Å². The zero-order valence-electron chi connectivity index (χ0n) is 15.6. The first-order valence-electron chi connectivity index (χ1n) is 8.70. The molecule has 0 bridgehead atoms. The minimum atomic E-state index is -0.457. The molecule has 5 nitrogen and oxygen atoms in total. The zero-order valence-corrected chi connectivity index (χ0v) is 16.4. The maximum absolute atomic E-state index is 13.2. The molecule has 0 aliphatic heterocycles. The van der Waals surface area contributed by atoms with Gasteiger partial charge >= 0.3 is 0 Å². The van der Waals surface area contributed by atoms with Crippen molar-refractivity contribution in [2.75, 3.05) is 6.54 Å². The van der Waals surface area contributed by atoms with Crippen molar-refractivity contribution >= 4 is 17.2 Å². The van der Waals surface area contributed by atoms with Gasteiger partial charge in [0.15, 0.2) is 0 Å². The van der Waals surface area contributed by atoms with Crippen LogP contribution < -0.4 is 11.5 Å². The molecule has 1 amide bonds. The van der Waals surface area contributed by atoms with E-state index in [1.165, 1.54) is 23.5 Å². The monoisotopic (exact) mass is 386 g/mol. The second kappa shape index (κ2) is 7.62. The van der Waals surface area contributed by atoms with Crippen LogP contribution in [0.25, 0.3) is 11.3 Å². The fourth-order valence-corrected chi connectivity index (χ4v) is 4.64. The van der Waals surface area contributed by atoms with E-state index < -0.39 is 5.91 Å². The summed E-state index contributed by atoms with van der Waals surface area (Å²) >= 11 is 1.39. The predicted octanol–water partition coefficient (Wildman–Crippen LogP) is 3.29. The van der Waals surface area contributed by atoms with E-state index in [0.29, 0.717) is 17.8 Å². The Labute approximate surface area is 161 Å². The van der Waals surface area contributed by atoms with Crippen LogP contribution in [0.2, 0.25) is 0 Å². The van der Waals surface area contributed by atoms with Crippen LogP contribution in [0.5, 0.6) is 0 Å². The first-order valence-corrected chi connectivity index (χ1v) is 9.51. The Bertz CT molecular complexity index is 955. The van der Waals surface area contributed by atoms with Crippen molar-refractivity contribution in [3.05, 3.63) is 62.7 Å². The lowest BCUT2D eigenvalue weighted by Crippen LogP contribution is -2.20. The maximum Gasteiger partial charge on any atom is 0.259 e. The number of nitrogens with two attached hydrogens (primary N) is 2. The number of hydrogen-bond acceptors (Lipinski definition) is 4. The summed E-state index contributed by atoms with van der Waals surface area (Å²) < 4.78 is 15.1. The molecule has 27 heavy (non-hydrogen) atoms. The number of carbonyl (C=O) groups excluding carboxylic acids is 1. The highest BCUT2D eigenvalue weighted by molar-refractivity contribution is 7.14. The van der Waals surface area contributed by atoms with Gasteiger partial charge in [0.2, 0.25) is 0 Å². The second-order valence-electron chi connectivity index (χ2n) is 6.70. The number of primary amides is 1. The Morgan fingerprint density at radius 1 is 1.30 bits per heavy atom. The topological polar surface area (TPSA) is 86.9 Å². The van der Waals surface area contributed by atoms with Crippen LogP contribution in [-0.4, -0.2) is 22.2 Å². The number of halogens is 1. The van der Waals surface area contributed by atoms with E-state index in [2.05, 4.69) is 5.10 Å². The maximum atomic E-state index is 13.2. The van der Waals surface area contributed by atoms with Crippen molar-refractivity contribution in [2.24, 2.45) is 18.5 Å². The summed E-state index contributed by atoms with van der Waals surface area (Å²) in [5.41, 5.74) is 16.6. The third kappa shape index (κ3) is 3.65. The van der Waals surface area contributed by atoms with Crippen molar-refractivity contribution in [2.45, 2.75) is 26.2 Å². The van der Waals surface area contributed by atoms with Crippen LogP contribution in [0.1, 0.15) is 37.2 Å². The Balaban J connectivity index is 2.16. The number of aryl methyl sites for hydroxylation is 3. The van der Waals surface area contributed by atoms with Gasteiger partial charge in [-0.2, -0.15) is 5.10 Å². The van der Waals surface area contributed by atoms with Crippen molar-refractivity contribution < 1.29 is 9.18 Å². The highest BCUT2D eigenvalue weighted by Gasteiger charge is 2.28. The van der Waals surface area contributed by atoms with E-state index in [0.717, 1.165) is 32.8 Å². The lowest BCUT2D eigenvalue weighted by molar-refractivity contribution is 0.100. The molecule has 0 spiro atoms. The minimum absolute atomic E-state index is 0.118. The summed E-state index contributed by atoms with van der Waals surface area (Å²) in [7, 11) is 1.88. The minimum Gasteiger partial charge on any atom is -0.365 e. The molecule has 1 atom stereocenters. The first-order chi connectivity index (χ1) is 12.8. The number of amides is 1. The first kappa shape index (κ1) is 19.3. The van der Waals surface area contributed by atoms with E-state index >= 15 is 0 Å². The van der Waals surface area contributed by atoms with Crippen LogP contribution in [0.3, 0.4) is 0 Å². The fourth-order valence-electron chi connectivity index (χ4n) is 3.54. The molecule has 0 aliphatic carbocycles. The van der Waals surface area contributed by atoms with E-state index in [-0.39, 0.29) is 11.7 Å². The van der Waals surface area contributed by atoms with Crippen molar-refractivity contribution in [3.63, 3.8) is 0 Å². The summed E-state index contributed by atoms with van der Waals surface area (Å²) in [4.78, 5) is 13.7. The molecule has 142 valence electrons. The number of hydrogen-bond donors (Lipinski definition) is 2. The summed E-state index contributed by atoms with van der Waals surface area (Å²) in [6.45, 7) is 4.32. The van der Waals surface area contributed by atoms with Crippen molar-refractivity contribution in [3.8, 4) is 11.3 Å². The Kier molecular flexibility index (Phi) is 5.43. The Morgan fingerprint density at radius 2 is 1.96 bits per heavy atom. The largest absolute Gasteiger partial charge is 0.365 e. The smallest absolute Gasteiger partial charge is 0.259 e. The van der Waals surface area contributed by atoms with Gasteiger partial charge in [-0.1, -0.05) is 12.1 Å². The molecule has 1 aromatic carbocycles. The highest BCUT2D eigenvalue weighted by Crippen LogP contribution is 2.42. The van der Waals surface area contributed by atoms with Gasteiger partial charge in [-0.05, 0) is 55.6 Å². The molecule has 3 aromatic rings. The number of rotatable bonds is 6. The van der Waals surface area contributed by atoms with Gasteiger partial charge in [-0.15, -0.1) is 11.3 Å². The molecule has 0 fully saturated rings. The molecule has 2 heterocycles. The SMILES string of the molecule is Cc1cnn(C)c1-c1c(C)sc(C(N)=O)c1[C@@H](CN)Cc1ccc(F)cc1. The highest BCUT2D eigenvalue weighted by atomic mass is 32.1. The quantitative estimate of drug-likeness (QED) is 0.681. The molecular formula is C20H23FN4OS. The number of aromatic nitrogens is 2. The van der Waals surface area contributed by atoms with Gasteiger partial charge in [0.25, 0.3) is 5.91 Å². The van der Waals surface area contributed by atoms with Crippen LogP contribution in [0.15, 0.2) is 30.5 Å². The molecule has 0 unspecified atom stereocenters. The van der Waals surface area contributed by atoms with Crippen LogP contribution in [-0.2, 0) is 13.5 Å². The van der Waals surface area contributed by atoms with Gasteiger partial charge < -0.3 is 11.5 Å². The third-order valence-corrected chi connectivity index (χ3v) is 5.93. The molecule has 0 saturated carbocycles. The molecular weight excluding hydrogens is 363 g/mol. The molecule has 0 aliphatic rings.